The standard InChI is InChI=1S/C14H11Cl2NO3S/c15-9-3-4-12(16)11(6-9)14(19)20-8-13(18)17-7-10-2-1-5-21-10/h1-6H,7-8H2,(H,17,18). The number of halogens is 2. The van der Waals surface area contributed by atoms with E-state index in [1.807, 2.05) is 17.5 Å². The van der Waals surface area contributed by atoms with Crippen LogP contribution in [0, 0.1) is 0 Å². The Kier molecular flexibility index (Phi) is 5.61. The van der Waals surface area contributed by atoms with Gasteiger partial charge in [-0.2, -0.15) is 0 Å². The maximum atomic E-state index is 11.8. The third-order valence-corrected chi connectivity index (χ3v) is 3.96. The molecule has 0 aliphatic carbocycles. The Hall–Kier alpha value is -1.56. The number of carbonyl (C=O) groups is 2. The first-order chi connectivity index (χ1) is 10.1. The number of amides is 1. The molecule has 0 bridgehead atoms. The largest absolute Gasteiger partial charge is 0.452 e. The lowest BCUT2D eigenvalue weighted by Gasteiger charge is -2.07. The van der Waals surface area contributed by atoms with Gasteiger partial charge in [0, 0.05) is 9.90 Å². The van der Waals surface area contributed by atoms with Crippen LogP contribution in [0.4, 0.5) is 0 Å². The summed E-state index contributed by atoms with van der Waals surface area (Å²) in [7, 11) is 0. The van der Waals surface area contributed by atoms with Crippen LogP contribution in [0.5, 0.6) is 0 Å². The molecule has 1 aromatic heterocycles. The maximum absolute atomic E-state index is 11.8. The zero-order valence-electron chi connectivity index (χ0n) is 10.8. The van der Waals surface area contributed by atoms with Gasteiger partial charge in [-0.25, -0.2) is 4.79 Å². The molecule has 0 spiro atoms. The number of carbonyl (C=O) groups excluding carboxylic acids is 2. The molecule has 0 aliphatic heterocycles. The Labute approximate surface area is 135 Å². The fraction of sp³-hybridized carbons (Fsp3) is 0.143. The summed E-state index contributed by atoms with van der Waals surface area (Å²) in [4.78, 5) is 24.4. The summed E-state index contributed by atoms with van der Waals surface area (Å²) in [6.45, 7) is 0.0407. The Morgan fingerprint density at radius 2 is 2.05 bits per heavy atom. The van der Waals surface area contributed by atoms with Gasteiger partial charge in [-0.15, -0.1) is 11.3 Å². The van der Waals surface area contributed by atoms with Gasteiger partial charge in [0.05, 0.1) is 17.1 Å². The van der Waals surface area contributed by atoms with Crippen LogP contribution in [0.3, 0.4) is 0 Å². The molecule has 1 N–H and O–H groups in total. The van der Waals surface area contributed by atoms with Crippen molar-refractivity contribution in [3.63, 3.8) is 0 Å². The van der Waals surface area contributed by atoms with Crippen molar-refractivity contribution >= 4 is 46.4 Å². The van der Waals surface area contributed by atoms with E-state index in [9.17, 15) is 9.59 Å². The molecule has 21 heavy (non-hydrogen) atoms. The predicted molar refractivity (Wildman–Crippen MR) is 82.9 cm³/mol. The molecule has 1 aromatic carbocycles. The lowest BCUT2D eigenvalue weighted by atomic mass is 10.2. The molecular weight excluding hydrogens is 333 g/mol. The number of rotatable bonds is 5. The highest BCUT2D eigenvalue weighted by atomic mass is 35.5. The average molecular weight is 344 g/mol. The van der Waals surface area contributed by atoms with Crippen LogP contribution in [-0.2, 0) is 16.1 Å². The lowest BCUT2D eigenvalue weighted by Crippen LogP contribution is -2.28. The summed E-state index contributed by atoms with van der Waals surface area (Å²) >= 11 is 13.2. The Balaban J connectivity index is 1.83. The van der Waals surface area contributed by atoms with Crippen LogP contribution >= 0.6 is 34.5 Å². The summed E-state index contributed by atoms with van der Waals surface area (Å²) in [5.41, 5.74) is 0.134. The van der Waals surface area contributed by atoms with Gasteiger partial charge >= 0.3 is 5.97 Å². The monoisotopic (exact) mass is 343 g/mol. The van der Waals surface area contributed by atoms with Crippen molar-refractivity contribution in [2.75, 3.05) is 6.61 Å². The van der Waals surface area contributed by atoms with Crippen molar-refractivity contribution < 1.29 is 14.3 Å². The third kappa shape index (κ3) is 4.74. The first-order valence-corrected chi connectivity index (χ1v) is 7.61. The normalized spacial score (nSPS) is 10.2. The molecule has 2 rings (SSSR count). The van der Waals surface area contributed by atoms with Crippen molar-refractivity contribution in [2.45, 2.75) is 6.54 Å². The van der Waals surface area contributed by atoms with Gasteiger partial charge in [-0.05, 0) is 29.6 Å². The van der Waals surface area contributed by atoms with Gasteiger partial charge in [0.25, 0.3) is 5.91 Å². The zero-order valence-corrected chi connectivity index (χ0v) is 13.1. The molecule has 0 saturated carbocycles. The molecule has 0 fully saturated rings. The van der Waals surface area contributed by atoms with Crippen molar-refractivity contribution in [1.29, 1.82) is 0 Å². The van der Waals surface area contributed by atoms with Gasteiger partial charge in [-0.3, -0.25) is 4.79 Å². The summed E-state index contributed by atoms with van der Waals surface area (Å²) in [5.74, 6) is -1.07. The number of ether oxygens (including phenoxy) is 1. The molecule has 0 saturated heterocycles. The number of thiophene rings is 1. The maximum Gasteiger partial charge on any atom is 0.340 e. The van der Waals surface area contributed by atoms with E-state index in [1.165, 1.54) is 23.5 Å². The molecule has 0 radical (unpaired) electrons. The van der Waals surface area contributed by atoms with Gasteiger partial charge in [-0.1, -0.05) is 29.3 Å². The summed E-state index contributed by atoms with van der Waals surface area (Å²) in [5, 5.41) is 5.17. The highest BCUT2D eigenvalue weighted by molar-refractivity contribution is 7.09. The molecule has 1 amide bonds. The number of esters is 1. The molecule has 1 heterocycles. The fourth-order valence-corrected chi connectivity index (χ4v) is 2.52. The Morgan fingerprint density at radius 1 is 1.24 bits per heavy atom. The van der Waals surface area contributed by atoms with Gasteiger partial charge in [0.2, 0.25) is 0 Å². The van der Waals surface area contributed by atoms with Crippen LogP contribution in [0.25, 0.3) is 0 Å². The van der Waals surface area contributed by atoms with Crippen molar-refractivity contribution in [3.05, 3.63) is 56.2 Å². The van der Waals surface area contributed by atoms with E-state index in [0.29, 0.717) is 11.6 Å². The van der Waals surface area contributed by atoms with E-state index in [2.05, 4.69) is 5.32 Å². The fourth-order valence-electron chi connectivity index (χ4n) is 1.51. The molecule has 110 valence electrons. The zero-order chi connectivity index (χ0) is 15.2. The SMILES string of the molecule is O=C(COC(=O)c1cc(Cl)ccc1Cl)NCc1cccs1. The molecule has 7 heteroatoms. The van der Waals surface area contributed by atoms with Gasteiger partial charge in [0.1, 0.15) is 0 Å². The topological polar surface area (TPSA) is 55.4 Å². The van der Waals surface area contributed by atoms with E-state index in [4.69, 9.17) is 27.9 Å². The number of hydrogen-bond acceptors (Lipinski definition) is 4. The smallest absolute Gasteiger partial charge is 0.340 e. The molecule has 0 aliphatic rings. The van der Waals surface area contributed by atoms with Crippen LogP contribution < -0.4 is 5.32 Å². The second-order valence-corrected chi connectivity index (χ2v) is 5.93. The van der Waals surface area contributed by atoms with E-state index in [0.717, 1.165) is 4.88 Å². The second kappa shape index (κ2) is 7.45. The highest BCUT2D eigenvalue weighted by Crippen LogP contribution is 2.21. The van der Waals surface area contributed by atoms with E-state index < -0.39 is 5.97 Å². The molecule has 0 unspecified atom stereocenters. The minimum absolute atomic E-state index is 0.134. The van der Waals surface area contributed by atoms with Crippen LogP contribution in [0.2, 0.25) is 10.0 Å². The quantitative estimate of drug-likeness (QED) is 0.845. The predicted octanol–water partition coefficient (Wildman–Crippen LogP) is 3.53. The summed E-state index contributed by atoms with van der Waals surface area (Å²) in [6, 6.07) is 8.26. The van der Waals surface area contributed by atoms with Gasteiger partial charge < -0.3 is 10.1 Å². The van der Waals surface area contributed by atoms with E-state index >= 15 is 0 Å². The molecule has 4 nitrogen and oxygen atoms in total. The van der Waals surface area contributed by atoms with Crippen LogP contribution in [0.15, 0.2) is 35.7 Å². The second-order valence-electron chi connectivity index (χ2n) is 4.06. The first kappa shape index (κ1) is 15.8. The number of benzene rings is 1. The van der Waals surface area contributed by atoms with Crippen LogP contribution in [0.1, 0.15) is 15.2 Å². The Bertz CT molecular complexity index is 644. The minimum atomic E-state index is -0.686. The van der Waals surface area contributed by atoms with Crippen molar-refractivity contribution in [2.24, 2.45) is 0 Å². The van der Waals surface area contributed by atoms with Crippen molar-refractivity contribution in [1.82, 2.24) is 5.32 Å². The first-order valence-electron chi connectivity index (χ1n) is 5.97. The summed E-state index contributed by atoms with van der Waals surface area (Å²) < 4.78 is 4.90. The Morgan fingerprint density at radius 3 is 2.76 bits per heavy atom. The summed E-state index contributed by atoms with van der Waals surface area (Å²) in [6.07, 6.45) is 0. The lowest BCUT2D eigenvalue weighted by molar-refractivity contribution is -0.124. The molecule has 0 atom stereocenters. The number of hydrogen-bond donors (Lipinski definition) is 1. The van der Waals surface area contributed by atoms with Crippen LogP contribution in [-0.4, -0.2) is 18.5 Å². The number of nitrogens with one attached hydrogen (secondary N) is 1. The molecule has 2 aromatic rings. The van der Waals surface area contributed by atoms with E-state index in [1.54, 1.807) is 6.07 Å². The van der Waals surface area contributed by atoms with E-state index in [-0.39, 0.29) is 23.1 Å². The molecular formula is C14H11Cl2NO3S. The average Bonchev–Trinajstić information content (AvgIpc) is 2.98. The highest BCUT2D eigenvalue weighted by Gasteiger charge is 2.14. The third-order valence-electron chi connectivity index (χ3n) is 2.52. The van der Waals surface area contributed by atoms with Gasteiger partial charge in [0.15, 0.2) is 6.61 Å². The minimum Gasteiger partial charge on any atom is -0.452 e. The van der Waals surface area contributed by atoms with Crippen molar-refractivity contribution in [3.8, 4) is 0 Å².